The predicted molar refractivity (Wildman–Crippen MR) is 92.5 cm³/mol. The topological polar surface area (TPSA) is 148 Å². The zero-order valence-electron chi connectivity index (χ0n) is 15.0. The van der Waals surface area contributed by atoms with Crippen LogP contribution in [0.15, 0.2) is 17.5 Å². The van der Waals surface area contributed by atoms with Crippen molar-refractivity contribution in [3.05, 3.63) is 18.2 Å². The molecule has 0 saturated carbocycles. The Kier molecular flexibility index (Phi) is 7.21. The van der Waals surface area contributed by atoms with Crippen LogP contribution < -0.4 is 10.4 Å². The number of nitrogens with zero attached hydrogens (tertiary/aromatic N) is 3. The standard InChI is InChI=1S/C17H23N5O5/c1-2-3-4-5-6-22-15(24)12(14(23)21-17(22)27)9-19-13(16(25)26)7-11-8-18-10-20-11/h8-10,12-13H,2-7H2,1H3,(H,18,20)(H,25,26)(H,21,23,27)/p-1/t12-,13-/m1/s1. The van der Waals surface area contributed by atoms with Crippen molar-refractivity contribution in [3.63, 3.8) is 0 Å². The normalized spacial score (nSPS) is 18.8. The maximum atomic E-state index is 12.5. The van der Waals surface area contributed by atoms with Crippen LogP contribution in [0.2, 0.25) is 0 Å². The van der Waals surface area contributed by atoms with Gasteiger partial charge in [-0.1, -0.05) is 26.2 Å². The van der Waals surface area contributed by atoms with Crippen molar-refractivity contribution in [1.82, 2.24) is 20.2 Å². The highest BCUT2D eigenvalue weighted by Gasteiger charge is 2.39. The van der Waals surface area contributed by atoms with Gasteiger partial charge in [-0.15, -0.1) is 0 Å². The number of barbiturate groups is 1. The molecular formula is C17H22N5O5-. The molecule has 1 aromatic heterocycles. The van der Waals surface area contributed by atoms with Gasteiger partial charge < -0.3 is 14.9 Å². The Morgan fingerprint density at radius 1 is 1.37 bits per heavy atom. The first-order valence-electron chi connectivity index (χ1n) is 8.81. The highest BCUT2D eigenvalue weighted by Crippen LogP contribution is 2.12. The molecule has 0 bridgehead atoms. The van der Waals surface area contributed by atoms with Gasteiger partial charge in [-0.05, 0) is 6.42 Å². The summed E-state index contributed by atoms with van der Waals surface area (Å²) in [5, 5.41) is 13.4. The molecule has 0 aromatic carbocycles. The Hall–Kier alpha value is -3.04. The SMILES string of the molecule is CCCCCCN1C(=O)NC(=O)[C@@H](C=N[C@H](Cc2cnc[nH]2)C(=O)[O-])C1=O. The van der Waals surface area contributed by atoms with E-state index in [-0.39, 0.29) is 13.0 Å². The molecule has 0 unspecified atom stereocenters. The molecule has 1 aliphatic heterocycles. The van der Waals surface area contributed by atoms with Gasteiger partial charge >= 0.3 is 6.03 Å². The molecule has 1 aromatic rings. The number of imidazole rings is 1. The monoisotopic (exact) mass is 376 g/mol. The van der Waals surface area contributed by atoms with Crippen LogP contribution in [0.25, 0.3) is 0 Å². The number of aromatic amines is 1. The predicted octanol–water partition coefficient (Wildman–Crippen LogP) is -0.584. The largest absolute Gasteiger partial charge is 0.548 e. The van der Waals surface area contributed by atoms with E-state index in [1.165, 1.54) is 12.5 Å². The number of aromatic nitrogens is 2. The molecule has 0 spiro atoms. The molecule has 2 N–H and O–H groups in total. The quantitative estimate of drug-likeness (QED) is 0.317. The van der Waals surface area contributed by atoms with E-state index in [1.54, 1.807) is 0 Å². The Bertz CT molecular complexity index is 715. The number of amides is 4. The second kappa shape index (κ2) is 9.60. The van der Waals surface area contributed by atoms with Crippen LogP contribution in [0.4, 0.5) is 4.79 Å². The number of carbonyl (C=O) groups is 4. The molecular weight excluding hydrogens is 354 g/mol. The highest BCUT2D eigenvalue weighted by atomic mass is 16.4. The average molecular weight is 376 g/mol. The van der Waals surface area contributed by atoms with Gasteiger partial charge in [0.15, 0.2) is 5.92 Å². The summed E-state index contributed by atoms with van der Waals surface area (Å²) in [6.45, 7) is 2.24. The van der Waals surface area contributed by atoms with Crippen LogP contribution in [0.5, 0.6) is 0 Å². The molecule has 1 fully saturated rings. The summed E-state index contributed by atoms with van der Waals surface area (Å²) in [5.41, 5.74) is 0.522. The number of urea groups is 1. The van der Waals surface area contributed by atoms with Gasteiger partial charge in [0.25, 0.3) is 0 Å². The lowest BCUT2D eigenvalue weighted by Gasteiger charge is -2.28. The third kappa shape index (κ3) is 5.47. The summed E-state index contributed by atoms with van der Waals surface area (Å²) in [5.74, 6) is -4.32. The minimum absolute atomic E-state index is 0.0268. The molecule has 1 saturated heterocycles. The molecule has 10 nitrogen and oxygen atoms in total. The summed E-state index contributed by atoms with van der Waals surface area (Å²) in [6, 6.07) is -2.05. The van der Waals surface area contributed by atoms with E-state index in [1.807, 2.05) is 6.92 Å². The molecule has 0 radical (unpaired) electrons. The molecule has 1 aliphatic rings. The zero-order chi connectivity index (χ0) is 19.8. The Balaban J connectivity index is 2.06. The minimum Gasteiger partial charge on any atom is -0.548 e. The van der Waals surface area contributed by atoms with Crippen molar-refractivity contribution in [2.45, 2.75) is 45.1 Å². The molecule has 146 valence electrons. The number of unbranched alkanes of at least 4 members (excludes halogenated alkanes) is 3. The summed E-state index contributed by atoms with van der Waals surface area (Å²) in [4.78, 5) is 59.0. The van der Waals surface area contributed by atoms with Crippen LogP contribution in [0.1, 0.15) is 38.3 Å². The lowest BCUT2D eigenvalue weighted by Crippen LogP contribution is -2.58. The fourth-order valence-electron chi connectivity index (χ4n) is 2.66. The van der Waals surface area contributed by atoms with Gasteiger partial charge in [0.1, 0.15) is 0 Å². The fourth-order valence-corrected chi connectivity index (χ4v) is 2.66. The smallest absolute Gasteiger partial charge is 0.330 e. The van der Waals surface area contributed by atoms with Crippen molar-refractivity contribution >= 4 is 30.0 Å². The molecule has 0 aliphatic carbocycles. The van der Waals surface area contributed by atoms with Gasteiger partial charge in [0, 0.05) is 31.1 Å². The number of carboxylic acid groups (broad SMARTS) is 1. The maximum Gasteiger partial charge on any atom is 0.330 e. The van der Waals surface area contributed by atoms with E-state index >= 15 is 0 Å². The van der Waals surface area contributed by atoms with Crippen molar-refractivity contribution in [2.75, 3.05) is 6.54 Å². The minimum atomic E-state index is -1.45. The first-order chi connectivity index (χ1) is 12.9. The summed E-state index contributed by atoms with van der Waals surface area (Å²) < 4.78 is 0. The molecule has 4 amide bonds. The van der Waals surface area contributed by atoms with Crippen molar-refractivity contribution in [3.8, 4) is 0 Å². The van der Waals surface area contributed by atoms with E-state index in [2.05, 4.69) is 20.3 Å². The number of rotatable bonds is 10. The van der Waals surface area contributed by atoms with Crippen molar-refractivity contribution in [1.29, 1.82) is 0 Å². The molecule has 2 atom stereocenters. The summed E-state index contributed by atoms with van der Waals surface area (Å²) in [6.07, 6.45) is 7.26. The number of carbonyl (C=O) groups excluding carboxylic acids is 4. The molecule has 10 heteroatoms. The van der Waals surface area contributed by atoms with Gasteiger partial charge in [-0.25, -0.2) is 9.78 Å². The first kappa shape index (κ1) is 20.3. The lowest BCUT2D eigenvalue weighted by atomic mass is 10.1. The van der Waals surface area contributed by atoms with Gasteiger partial charge in [-0.3, -0.25) is 24.8 Å². The Morgan fingerprint density at radius 3 is 2.78 bits per heavy atom. The Morgan fingerprint density at radius 2 is 2.15 bits per heavy atom. The number of imide groups is 2. The van der Waals surface area contributed by atoms with Crippen LogP contribution in [-0.2, 0) is 20.8 Å². The van der Waals surface area contributed by atoms with E-state index < -0.39 is 35.8 Å². The van der Waals surface area contributed by atoms with Crippen LogP contribution in [0.3, 0.4) is 0 Å². The van der Waals surface area contributed by atoms with Gasteiger partial charge in [0.05, 0.1) is 18.3 Å². The average Bonchev–Trinajstić information content (AvgIpc) is 3.12. The fraction of sp³-hybridized carbons (Fsp3) is 0.529. The van der Waals surface area contributed by atoms with Crippen LogP contribution in [0, 0.1) is 5.92 Å². The third-order valence-electron chi connectivity index (χ3n) is 4.18. The van der Waals surface area contributed by atoms with E-state index in [0.29, 0.717) is 12.1 Å². The number of hydrogen-bond donors (Lipinski definition) is 2. The highest BCUT2D eigenvalue weighted by molar-refractivity contribution is 6.23. The summed E-state index contributed by atoms with van der Waals surface area (Å²) in [7, 11) is 0. The maximum absolute atomic E-state index is 12.5. The van der Waals surface area contributed by atoms with E-state index in [9.17, 15) is 24.3 Å². The summed E-state index contributed by atoms with van der Waals surface area (Å²) >= 11 is 0. The van der Waals surface area contributed by atoms with Crippen LogP contribution in [-0.4, -0.2) is 57.5 Å². The van der Waals surface area contributed by atoms with E-state index in [4.69, 9.17) is 0 Å². The van der Waals surface area contributed by atoms with Gasteiger partial charge in [-0.2, -0.15) is 0 Å². The first-order valence-corrected chi connectivity index (χ1v) is 8.81. The molecule has 27 heavy (non-hydrogen) atoms. The third-order valence-corrected chi connectivity index (χ3v) is 4.18. The van der Waals surface area contributed by atoms with E-state index in [0.717, 1.165) is 30.4 Å². The molecule has 2 rings (SSSR count). The van der Waals surface area contributed by atoms with Crippen LogP contribution >= 0.6 is 0 Å². The number of hydrogen-bond acceptors (Lipinski definition) is 7. The number of nitrogens with one attached hydrogen (secondary N) is 2. The molecule has 2 heterocycles. The zero-order valence-corrected chi connectivity index (χ0v) is 15.0. The number of H-pyrrole nitrogens is 1. The lowest BCUT2D eigenvalue weighted by molar-refractivity contribution is -0.307. The van der Waals surface area contributed by atoms with Gasteiger partial charge in [0.2, 0.25) is 11.8 Å². The Labute approximate surface area is 156 Å². The second-order valence-corrected chi connectivity index (χ2v) is 6.24. The number of carboxylic acids is 1. The second-order valence-electron chi connectivity index (χ2n) is 6.24. The van der Waals surface area contributed by atoms with Crippen molar-refractivity contribution in [2.24, 2.45) is 10.9 Å². The number of aliphatic imine (C=N–C) groups is 1. The van der Waals surface area contributed by atoms with Crippen molar-refractivity contribution < 1.29 is 24.3 Å². The number of aliphatic carboxylic acids is 1.